The fourth-order valence-corrected chi connectivity index (χ4v) is 4.01. The van der Waals surface area contributed by atoms with E-state index in [0.29, 0.717) is 24.5 Å². The predicted molar refractivity (Wildman–Crippen MR) is 128 cm³/mol. The van der Waals surface area contributed by atoms with Crippen LogP contribution < -0.4 is 4.74 Å². The Balaban J connectivity index is 2.42. The highest BCUT2D eigenvalue weighted by Crippen LogP contribution is 2.34. The van der Waals surface area contributed by atoms with Crippen molar-refractivity contribution in [3.63, 3.8) is 0 Å². The number of benzene rings is 1. The molecule has 31 heavy (non-hydrogen) atoms. The zero-order valence-electron chi connectivity index (χ0n) is 19.3. The third-order valence-electron chi connectivity index (χ3n) is 5.82. The molecule has 0 radical (unpaired) electrons. The molecule has 1 aromatic carbocycles. The molecular formula is C25H38Cl2O4. The lowest BCUT2D eigenvalue weighted by Gasteiger charge is -2.27. The summed E-state index contributed by atoms with van der Waals surface area (Å²) in [6, 6.07) is 4.60. The highest BCUT2D eigenvalue weighted by Gasteiger charge is 2.46. The molecule has 0 atom stereocenters. The van der Waals surface area contributed by atoms with Gasteiger partial charge < -0.3 is 9.47 Å². The van der Waals surface area contributed by atoms with E-state index in [0.717, 1.165) is 19.3 Å². The zero-order chi connectivity index (χ0) is 23.1. The minimum Gasteiger partial charge on any atom is -0.465 e. The lowest BCUT2D eigenvalue weighted by molar-refractivity contribution is -0.168. The van der Waals surface area contributed by atoms with E-state index >= 15 is 0 Å². The van der Waals surface area contributed by atoms with Crippen LogP contribution in [-0.2, 0) is 14.3 Å². The van der Waals surface area contributed by atoms with Crippen LogP contribution in [-0.4, -0.2) is 18.5 Å². The summed E-state index contributed by atoms with van der Waals surface area (Å²) in [6.07, 6.45) is 12.7. The number of carbonyl (C=O) groups excluding carboxylic acids is 2. The second kappa shape index (κ2) is 15.5. The molecule has 0 fully saturated rings. The topological polar surface area (TPSA) is 52.6 Å². The summed E-state index contributed by atoms with van der Waals surface area (Å²) in [5.41, 5.74) is -1.33. The van der Waals surface area contributed by atoms with Crippen LogP contribution in [0.25, 0.3) is 0 Å². The van der Waals surface area contributed by atoms with Crippen LogP contribution >= 0.6 is 23.2 Å². The van der Waals surface area contributed by atoms with Gasteiger partial charge in [0.15, 0.2) is 5.41 Å². The number of hydrogen-bond acceptors (Lipinski definition) is 4. The van der Waals surface area contributed by atoms with Gasteiger partial charge in [-0.3, -0.25) is 9.59 Å². The second-order valence-electron chi connectivity index (χ2n) is 8.07. The Kier molecular flexibility index (Phi) is 13.9. The first kappa shape index (κ1) is 27.8. The standard InChI is InChI=1S/C25H38Cl2O4/c1-4-7-8-9-10-11-12-13-14-15-18-30-23(28)25(5-2,6-3)24(29)31-22-17-16-20(26)19-21(22)27/h16-17,19H,4-15,18H2,1-3H3. The van der Waals surface area contributed by atoms with Gasteiger partial charge in [-0.05, 0) is 37.5 Å². The minimum absolute atomic E-state index is 0.185. The number of halogens is 2. The van der Waals surface area contributed by atoms with Crippen molar-refractivity contribution in [2.75, 3.05) is 6.61 Å². The Hall–Kier alpha value is -1.26. The normalized spacial score (nSPS) is 11.4. The van der Waals surface area contributed by atoms with Crippen LogP contribution in [0, 0.1) is 5.41 Å². The molecule has 0 aliphatic rings. The molecule has 0 N–H and O–H groups in total. The van der Waals surface area contributed by atoms with Crippen molar-refractivity contribution in [1.29, 1.82) is 0 Å². The first-order valence-electron chi connectivity index (χ1n) is 11.8. The lowest BCUT2D eigenvalue weighted by atomic mass is 9.82. The van der Waals surface area contributed by atoms with Gasteiger partial charge in [-0.1, -0.05) is 102 Å². The molecule has 4 nitrogen and oxygen atoms in total. The maximum Gasteiger partial charge on any atom is 0.328 e. The van der Waals surface area contributed by atoms with E-state index in [9.17, 15) is 9.59 Å². The molecule has 0 aliphatic heterocycles. The molecule has 0 saturated carbocycles. The molecule has 0 amide bonds. The predicted octanol–water partition coefficient (Wildman–Crippen LogP) is 8.17. The third-order valence-corrected chi connectivity index (χ3v) is 6.35. The summed E-state index contributed by atoms with van der Waals surface area (Å²) < 4.78 is 10.9. The van der Waals surface area contributed by atoms with E-state index in [-0.39, 0.29) is 10.8 Å². The van der Waals surface area contributed by atoms with Crippen molar-refractivity contribution in [2.24, 2.45) is 5.41 Å². The highest BCUT2D eigenvalue weighted by atomic mass is 35.5. The van der Waals surface area contributed by atoms with Crippen molar-refractivity contribution in [1.82, 2.24) is 0 Å². The van der Waals surface area contributed by atoms with Gasteiger partial charge in [-0.25, -0.2) is 0 Å². The summed E-state index contributed by atoms with van der Waals surface area (Å²) in [5, 5.41) is 0.665. The number of rotatable bonds is 16. The number of unbranched alkanes of at least 4 members (excludes halogenated alkanes) is 9. The molecule has 1 aromatic rings. The van der Waals surface area contributed by atoms with E-state index in [1.54, 1.807) is 19.9 Å². The molecule has 0 aliphatic carbocycles. The Morgan fingerprint density at radius 3 is 1.87 bits per heavy atom. The van der Waals surface area contributed by atoms with E-state index < -0.39 is 17.4 Å². The van der Waals surface area contributed by atoms with Gasteiger partial charge in [0.1, 0.15) is 5.75 Å². The van der Waals surface area contributed by atoms with Crippen molar-refractivity contribution in [2.45, 2.75) is 97.8 Å². The average Bonchev–Trinajstić information content (AvgIpc) is 2.75. The minimum atomic E-state index is -1.33. The maximum absolute atomic E-state index is 12.9. The molecule has 1 rings (SSSR count). The largest absolute Gasteiger partial charge is 0.465 e. The molecular weight excluding hydrogens is 435 g/mol. The van der Waals surface area contributed by atoms with Gasteiger partial charge in [-0.15, -0.1) is 0 Å². The fraction of sp³-hybridized carbons (Fsp3) is 0.680. The Morgan fingerprint density at radius 2 is 1.35 bits per heavy atom. The Labute approximate surface area is 198 Å². The van der Waals surface area contributed by atoms with Crippen molar-refractivity contribution >= 4 is 35.1 Å². The van der Waals surface area contributed by atoms with Gasteiger partial charge in [0.25, 0.3) is 0 Å². The lowest BCUT2D eigenvalue weighted by Crippen LogP contribution is -2.42. The molecule has 0 heterocycles. The molecule has 0 aromatic heterocycles. The van der Waals surface area contributed by atoms with Gasteiger partial charge in [0.05, 0.1) is 11.6 Å². The molecule has 6 heteroatoms. The van der Waals surface area contributed by atoms with Crippen LogP contribution in [0.15, 0.2) is 18.2 Å². The quantitative estimate of drug-likeness (QED) is 0.105. The molecule has 0 unspecified atom stereocenters. The van der Waals surface area contributed by atoms with Crippen molar-refractivity contribution < 1.29 is 19.1 Å². The summed E-state index contributed by atoms with van der Waals surface area (Å²) in [7, 11) is 0. The number of ether oxygens (including phenoxy) is 2. The van der Waals surface area contributed by atoms with E-state index in [2.05, 4.69) is 6.92 Å². The first-order valence-corrected chi connectivity index (χ1v) is 12.5. The Bertz CT molecular complexity index is 671. The van der Waals surface area contributed by atoms with E-state index in [1.165, 1.54) is 57.1 Å². The second-order valence-corrected chi connectivity index (χ2v) is 8.92. The van der Waals surface area contributed by atoms with Crippen molar-refractivity contribution in [3.05, 3.63) is 28.2 Å². The van der Waals surface area contributed by atoms with Gasteiger partial charge >= 0.3 is 11.9 Å². The number of esters is 2. The monoisotopic (exact) mass is 472 g/mol. The Morgan fingerprint density at radius 1 is 0.806 bits per heavy atom. The van der Waals surface area contributed by atoms with E-state index in [4.69, 9.17) is 32.7 Å². The summed E-state index contributed by atoms with van der Waals surface area (Å²) in [4.78, 5) is 25.6. The third kappa shape index (κ3) is 9.41. The highest BCUT2D eigenvalue weighted by molar-refractivity contribution is 6.35. The number of hydrogen-bond donors (Lipinski definition) is 0. The van der Waals surface area contributed by atoms with Crippen LogP contribution in [0.2, 0.25) is 10.0 Å². The zero-order valence-corrected chi connectivity index (χ0v) is 20.8. The van der Waals surface area contributed by atoms with Gasteiger partial charge in [0, 0.05) is 5.02 Å². The summed E-state index contributed by atoms with van der Waals surface area (Å²) >= 11 is 12.0. The first-order chi connectivity index (χ1) is 14.9. The SMILES string of the molecule is CCCCCCCCCCCCOC(=O)C(CC)(CC)C(=O)Oc1ccc(Cl)cc1Cl. The van der Waals surface area contributed by atoms with Gasteiger partial charge in [0.2, 0.25) is 0 Å². The van der Waals surface area contributed by atoms with Crippen LogP contribution in [0.3, 0.4) is 0 Å². The van der Waals surface area contributed by atoms with Crippen molar-refractivity contribution in [3.8, 4) is 5.75 Å². The molecule has 0 bridgehead atoms. The van der Waals surface area contributed by atoms with E-state index in [1.807, 2.05) is 0 Å². The molecule has 176 valence electrons. The smallest absolute Gasteiger partial charge is 0.328 e. The average molecular weight is 473 g/mol. The molecule has 0 saturated heterocycles. The van der Waals surface area contributed by atoms with Gasteiger partial charge in [-0.2, -0.15) is 0 Å². The fourth-order valence-electron chi connectivity index (χ4n) is 3.56. The maximum atomic E-state index is 12.9. The summed E-state index contributed by atoms with van der Waals surface area (Å²) in [6.45, 7) is 6.13. The van der Waals surface area contributed by atoms with Crippen LogP contribution in [0.5, 0.6) is 5.75 Å². The number of carbonyl (C=O) groups is 2. The molecule has 0 spiro atoms. The summed E-state index contributed by atoms with van der Waals surface area (Å²) in [5.74, 6) is -0.983. The van der Waals surface area contributed by atoms with Crippen LogP contribution in [0.4, 0.5) is 0 Å². The van der Waals surface area contributed by atoms with Crippen LogP contribution in [0.1, 0.15) is 97.8 Å².